The van der Waals surface area contributed by atoms with E-state index in [9.17, 15) is 19.8 Å². The minimum Gasteiger partial charge on any atom is -0.479 e. The molecule has 0 rings (SSSR count). The van der Waals surface area contributed by atoms with Gasteiger partial charge in [0.15, 0.2) is 12.2 Å². The smallest absolute Gasteiger partial charge is 0.332 e. The van der Waals surface area contributed by atoms with Crippen LogP contribution in [0.3, 0.4) is 0 Å². The number of carboxylic acid groups (broad SMARTS) is 2. The Kier molecular flexibility index (Phi) is 7.44. The van der Waals surface area contributed by atoms with Gasteiger partial charge < -0.3 is 30.6 Å². The molecule has 8 nitrogen and oxygen atoms in total. The number of hydrogen-bond donors (Lipinski definition) is 6. The Balaban J connectivity index is 3.87. The highest BCUT2D eigenvalue weighted by molar-refractivity contribution is 5.72. The normalized spacial score (nSPS) is 17.8. The summed E-state index contributed by atoms with van der Waals surface area (Å²) in [5, 5.41) is 53.3. The molecule has 0 saturated heterocycles. The number of carbonyl (C=O) groups is 2. The molecule has 0 aromatic carbocycles. The first-order chi connectivity index (χ1) is 8.23. The molecule has 0 aromatic rings. The van der Waals surface area contributed by atoms with Crippen molar-refractivity contribution in [3.63, 3.8) is 0 Å². The molecule has 8 heteroatoms. The van der Waals surface area contributed by atoms with Crippen LogP contribution in [-0.4, -0.2) is 67.0 Å². The van der Waals surface area contributed by atoms with Crippen molar-refractivity contribution in [3.05, 3.63) is 0 Å². The fraction of sp³-hybridized carbons (Fsp3) is 0.800. The quantitative estimate of drug-likeness (QED) is 0.284. The van der Waals surface area contributed by atoms with Crippen molar-refractivity contribution in [2.45, 2.75) is 50.1 Å². The summed E-state index contributed by atoms with van der Waals surface area (Å²) in [5.74, 6) is -2.90. The van der Waals surface area contributed by atoms with Crippen LogP contribution in [0.4, 0.5) is 0 Å². The molecular weight excluding hydrogens is 248 g/mol. The van der Waals surface area contributed by atoms with Crippen molar-refractivity contribution < 1.29 is 40.2 Å². The number of rotatable bonds is 9. The summed E-state index contributed by atoms with van der Waals surface area (Å²) in [5.41, 5.74) is 0. The topological polar surface area (TPSA) is 156 Å². The van der Waals surface area contributed by atoms with Gasteiger partial charge in [-0.15, -0.1) is 0 Å². The molecule has 0 fully saturated rings. The highest BCUT2D eigenvalue weighted by Crippen LogP contribution is 2.11. The molecule has 4 unspecified atom stereocenters. The van der Waals surface area contributed by atoms with Crippen molar-refractivity contribution in [1.29, 1.82) is 0 Å². The molecule has 106 valence electrons. The van der Waals surface area contributed by atoms with Crippen LogP contribution in [-0.2, 0) is 9.59 Å². The third kappa shape index (κ3) is 7.17. The van der Waals surface area contributed by atoms with Crippen molar-refractivity contribution >= 4 is 11.9 Å². The van der Waals surface area contributed by atoms with Crippen LogP contribution < -0.4 is 0 Å². The highest BCUT2D eigenvalue weighted by atomic mass is 16.4. The van der Waals surface area contributed by atoms with E-state index in [1.54, 1.807) is 0 Å². The minimum absolute atomic E-state index is 0.00214. The highest BCUT2D eigenvalue weighted by Gasteiger charge is 2.21. The molecule has 0 radical (unpaired) electrons. The molecule has 0 aromatic heterocycles. The van der Waals surface area contributed by atoms with Gasteiger partial charge in [0.25, 0.3) is 0 Å². The minimum atomic E-state index is -1.68. The Bertz CT molecular complexity index is 251. The van der Waals surface area contributed by atoms with Gasteiger partial charge in [-0.25, -0.2) is 9.59 Å². The fourth-order valence-corrected chi connectivity index (χ4v) is 1.34. The first-order valence-electron chi connectivity index (χ1n) is 5.42. The van der Waals surface area contributed by atoms with Crippen LogP contribution in [0.25, 0.3) is 0 Å². The lowest BCUT2D eigenvalue weighted by Crippen LogP contribution is -2.28. The first kappa shape index (κ1) is 16.8. The molecule has 18 heavy (non-hydrogen) atoms. The number of aliphatic carboxylic acids is 2. The second-order valence-electron chi connectivity index (χ2n) is 4.06. The van der Waals surface area contributed by atoms with E-state index in [1.807, 2.05) is 0 Å². The van der Waals surface area contributed by atoms with E-state index in [4.69, 9.17) is 20.4 Å². The maximum absolute atomic E-state index is 10.3. The largest absolute Gasteiger partial charge is 0.479 e. The number of aliphatic hydroxyl groups is 4. The summed E-state index contributed by atoms with van der Waals surface area (Å²) in [6.45, 7) is 0. The van der Waals surface area contributed by atoms with Gasteiger partial charge in [0.05, 0.1) is 12.2 Å². The molecule has 0 amide bonds. The molecule has 0 spiro atoms. The van der Waals surface area contributed by atoms with Crippen LogP contribution in [0.1, 0.15) is 25.7 Å². The summed E-state index contributed by atoms with van der Waals surface area (Å²) in [6.07, 6.45) is -6.34. The average Bonchev–Trinajstić information content (AvgIpc) is 2.25. The molecule has 6 N–H and O–H groups in total. The number of hydrogen-bond acceptors (Lipinski definition) is 6. The summed E-state index contributed by atoms with van der Waals surface area (Å²) >= 11 is 0. The van der Waals surface area contributed by atoms with Crippen LogP contribution in [0.15, 0.2) is 0 Å². The van der Waals surface area contributed by atoms with Crippen LogP contribution in [0.2, 0.25) is 0 Å². The fourth-order valence-electron chi connectivity index (χ4n) is 1.34. The molecule has 0 aliphatic carbocycles. The lowest BCUT2D eigenvalue weighted by Gasteiger charge is -2.16. The maximum atomic E-state index is 10.3. The molecular formula is C10H18O8. The van der Waals surface area contributed by atoms with Gasteiger partial charge in [-0.3, -0.25) is 0 Å². The van der Waals surface area contributed by atoms with Gasteiger partial charge in [0.1, 0.15) is 0 Å². The van der Waals surface area contributed by atoms with Gasteiger partial charge >= 0.3 is 11.9 Å². The Morgan fingerprint density at radius 2 is 1.00 bits per heavy atom. The molecule has 0 aliphatic rings. The third-order valence-electron chi connectivity index (χ3n) is 2.39. The van der Waals surface area contributed by atoms with E-state index >= 15 is 0 Å². The zero-order valence-electron chi connectivity index (χ0n) is 9.64. The Morgan fingerprint density at radius 3 is 1.22 bits per heavy atom. The second kappa shape index (κ2) is 7.98. The SMILES string of the molecule is O=C(O)C(O)CC(O)CCC(O)CC(O)C(=O)O. The Hall–Kier alpha value is -1.22. The van der Waals surface area contributed by atoms with Crippen LogP contribution >= 0.6 is 0 Å². The van der Waals surface area contributed by atoms with E-state index in [2.05, 4.69) is 0 Å². The summed E-state index contributed by atoms with van der Waals surface area (Å²) in [4.78, 5) is 20.6. The number of carboxylic acids is 2. The predicted molar refractivity (Wildman–Crippen MR) is 57.8 cm³/mol. The van der Waals surface area contributed by atoms with Gasteiger partial charge in [-0.2, -0.15) is 0 Å². The van der Waals surface area contributed by atoms with E-state index < -0.39 is 36.4 Å². The lowest BCUT2D eigenvalue weighted by molar-refractivity contribution is -0.149. The predicted octanol–water partition coefficient (Wildman–Crippen LogP) is -1.84. The Morgan fingerprint density at radius 1 is 0.722 bits per heavy atom. The molecule has 0 heterocycles. The van der Waals surface area contributed by atoms with E-state index in [-0.39, 0.29) is 25.7 Å². The second-order valence-corrected chi connectivity index (χ2v) is 4.06. The molecule has 0 bridgehead atoms. The standard InChI is InChI=1S/C10H18O8/c11-5(3-7(13)9(15)16)1-2-6(12)4-8(14)10(17)18/h5-8,11-14H,1-4H2,(H,15,16)(H,17,18). The molecule has 0 aliphatic heterocycles. The molecule has 4 atom stereocenters. The van der Waals surface area contributed by atoms with Crippen molar-refractivity contribution in [1.82, 2.24) is 0 Å². The first-order valence-corrected chi connectivity index (χ1v) is 5.42. The van der Waals surface area contributed by atoms with Crippen LogP contribution in [0.5, 0.6) is 0 Å². The van der Waals surface area contributed by atoms with Crippen molar-refractivity contribution in [3.8, 4) is 0 Å². The van der Waals surface area contributed by atoms with Crippen LogP contribution in [0, 0.1) is 0 Å². The van der Waals surface area contributed by atoms with Gasteiger partial charge in [-0.1, -0.05) is 0 Å². The number of aliphatic hydroxyl groups excluding tert-OH is 4. The third-order valence-corrected chi connectivity index (χ3v) is 2.39. The van der Waals surface area contributed by atoms with E-state index in [1.165, 1.54) is 0 Å². The summed E-state index contributed by atoms with van der Waals surface area (Å²) in [6, 6.07) is 0. The lowest BCUT2D eigenvalue weighted by atomic mass is 10.0. The van der Waals surface area contributed by atoms with E-state index in [0.717, 1.165) is 0 Å². The van der Waals surface area contributed by atoms with Gasteiger partial charge in [0, 0.05) is 12.8 Å². The monoisotopic (exact) mass is 266 g/mol. The van der Waals surface area contributed by atoms with E-state index in [0.29, 0.717) is 0 Å². The summed E-state index contributed by atoms with van der Waals surface area (Å²) in [7, 11) is 0. The zero-order chi connectivity index (χ0) is 14.3. The van der Waals surface area contributed by atoms with Gasteiger partial charge in [-0.05, 0) is 12.8 Å². The summed E-state index contributed by atoms with van der Waals surface area (Å²) < 4.78 is 0. The average molecular weight is 266 g/mol. The van der Waals surface area contributed by atoms with Crippen molar-refractivity contribution in [2.24, 2.45) is 0 Å². The van der Waals surface area contributed by atoms with Gasteiger partial charge in [0.2, 0.25) is 0 Å². The Labute approximate surface area is 103 Å². The molecule has 0 saturated carbocycles. The maximum Gasteiger partial charge on any atom is 0.332 e. The van der Waals surface area contributed by atoms with Crippen molar-refractivity contribution in [2.75, 3.05) is 0 Å². The zero-order valence-corrected chi connectivity index (χ0v) is 9.64.